The molecule has 0 atom stereocenters. The maximum absolute atomic E-state index is 6.53. The van der Waals surface area contributed by atoms with Crippen molar-refractivity contribution in [1.29, 1.82) is 0 Å². The van der Waals surface area contributed by atoms with Crippen molar-refractivity contribution in [1.82, 2.24) is 0 Å². The summed E-state index contributed by atoms with van der Waals surface area (Å²) in [6.45, 7) is 0. The van der Waals surface area contributed by atoms with Crippen LogP contribution in [0.1, 0.15) is 22.3 Å². The number of para-hydroxylation sites is 2. The van der Waals surface area contributed by atoms with Gasteiger partial charge in [0.15, 0.2) is 8.07 Å². The fourth-order valence-corrected chi connectivity index (χ4v) is 18.2. The highest BCUT2D eigenvalue weighted by Gasteiger charge is 2.57. The van der Waals surface area contributed by atoms with Gasteiger partial charge in [-0.15, -0.1) is 0 Å². The molecule has 0 fully saturated rings. The third kappa shape index (κ3) is 5.15. The summed E-state index contributed by atoms with van der Waals surface area (Å²) in [4.78, 5) is 4.85. The van der Waals surface area contributed by atoms with Gasteiger partial charge in [0.05, 0.1) is 5.41 Å². The predicted octanol–water partition coefficient (Wildman–Crippen LogP) is 13.5. The monoisotopic (exact) mass is 877 g/mol. The zero-order valence-corrected chi connectivity index (χ0v) is 37.5. The van der Waals surface area contributed by atoms with Crippen LogP contribution in [0.2, 0.25) is 0 Å². The average molecular weight is 878 g/mol. The van der Waals surface area contributed by atoms with E-state index in [-0.39, 0.29) is 0 Å². The van der Waals surface area contributed by atoms with E-state index in [9.17, 15) is 0 Å². The summed E-state index contributed by atoms with van der Waals surface area (Å²) in [5, 5.41) is 10.1. The van der Waals surface area contributed by atoms with E-state index in [1.165, 1.54) is 52.8 Å². The fourth-order valence-electron chi connectivity index (χ4n) is 11.6. The second-order valence-corrected chi connectivity index (χ2v) is 22.3. The van der Waals surface area contributed by atoms with E-state index in [2.05, 4.69) is 217 Å². The molecule has 66 heavy (non-hydrogen) atoms. The number of rotatable bonds is 5. The Kier molecular flexibility index (Phi) is 8.15. The molecule has 3 nitrogen and oxygen atoms in total. The van der Waals surface area contributed by atoms with Crippen molar-refractivity contribution in [3.63, 3.8) is 0 Å². The number of nitrogens with zero attached hydrogens (tertiary/aromatic N) is 1. The summed E-state index contributed by atoms with van der Waals surface area (Å²) in [6.07, 6.45) is 0. The maximum atomic E-state index is 6.53. The third-order valence-electron chi connectivity index (χ3n) is 14.3. The largest absolute Gasteiger partial charge is 0.456 e. The Hall–Kier alpha value is -7.83. The molecule has 2 aromatic heterocycles. The van der Waals surface area contributed by atoms with E-state index in [1.54, 1.807) is 0 Å². The first kappa shape index (κ1) is 37.5. The van der Waals surface area contributed by atoms with Crippen LogP contribution < -0.4 is 25.6 Å². The highest BCUT2D eigenvalue weighted by Crippen LogP contribution is 2.57. The van der Waals surface area contributed by atoms with Crippen LogP contribution in [0.5, 0.6) is 0 Å². The van der Waals surface area contributed by atoms with Crippen LogP contribution in [-0.2, 0) is 5.41 Å². The zero-order valence-electron chi connectivity index (χ0n) is 35.7. The minimum atomic E-state index is -2.85. The lowest BCUT2D eigenvalue weighted by Crippen LogP contribution is -2.79. The molecule has 0 radical (unpaired) electrons. The molecule has 310 valence electrons. The summed E-state index contributed by atoms with van der Waals surface area (Å²) in [5.41, 5.74) is 11.3. The Morgan fingerprint density at radius 2 is 0.758 bits per heavy atom. The number of hydrogen-bond donors (Lipinski definition) is 0. The number of benzene rings is 10. The molecule has 0 unspecified atom stereocenters. The van der Waals surface area contributed by atoms with Crippen molar-refractivity contribution >= 4 is 102 Å². The van der Waals surface area contributed by atoms with Gasteiger partial charge in [0.25, 0.3) is 0 Å². The van der Waals surface area contributed by atoms with Gasteiger partial charge in [-0.05, 0) is 97.6 Å². The quantitative estimate of drug-likeness (QED) is 0.161. The number of hydrogen-bond acceptors (Lipinski definition) is 4. The molecule has 2 aliphatic heterocycles. The van der Waals surface area contributed by atoms with E-state index in [0.717, 1.165) is 60.9 Å². The molecule has 0 saturated carbocycles. The molecule has 10 aromatic carbocycles. The smallest absolute Gasteiger partial charge is 0.180 e. The topological polar surface area (TPSA) is 29.5 Å². The molecular formula is C61H39NO2SSi. The first-order valence-corrected chi connectivity index (χ1v) is 25.4. The SMILES string of the molecule is c1ccc([Si]2(c3ccccc3)c3ccccc3C3(c4ccccc4Sc4cc(N(c5ccc6c(c5)oc5ccccc56)c5ccc6c(c5)oc5ccccc56)ccc43)c3ccccc32)cc1. The normalized spacial score (nSPS) is 14.2. The van der Waals surface area contributed by atoms with Crippen molar-refractivity contribution in [2.75, 3.05) is 4.90 Å². The van der Waals surface area contributed by atoms with Crippen molar-refractivity contribution < 1.29 is 8.83 Å². The molecule has 5 heteroatoms. The van der Waals surface area contributed by atoms with Crippen molar-refractivity contribution in [3.05, 3.63) is 259 Å². The van der Waals surface area contributed by atoms with E-state index in [0.29, 0.717) is 0 Å². The van der Waals surface area contributed by atoms with Gasteiger partial charge in [-0.1, -0.05) is 182 Å². The highest BCUT2D eigenvalue weighted by atomic mass is 32.2. The first-order chi connectivity index (χ1) is 32.7. The van der Waals surface area contributed by atoms with Crippen LogP contribution in [0.25, 0.3) is 43.9 Å². The minimum absolute atomic E-state index is 0.589. The lowest BCUT2D eigenvalue weighted by molar-refractivity contribution is 0.669. The van der Waals surface area contributed by atoms with Gasteiger partial charge in [0.2, 0.25) is 0 Å². The molecule has 0 amide bonds. The molecule has 0 aliphatic carbocycles. The second kappa shape index (κ2) is 14.3. The summed E-state index contributed by atoms with van der Waals surface area (Å²) in [6, 6.07) is 87.5. The van der Waals surface area contributed by atoms with Gasteiger partial charge in [-0.2, -0.15) is 0 Å². The van der Waals surface area contributed by atoms with E-state index in [4.69, 9.17) is 8.83 Å². The second-order valence-electron chi connectivity index (χ2n) is 17.5. The standard InChI is InChI=1S/C61H39NO2SSi/c1-3-17-43(18-4-1)66(44-19-5-2-6-20-44)59-29-15-10-24-51(59)61(52-25-11-16-30-60(52)66)49-23-9-14-28-57(49)65-58-39-42(33-36-50(58)61)62(40-31-34-47-45-21-7-12-26-53(45)63-55(47)37-40)41-32-35-48-46-22-8-13-27-54(46)64-56(48)38-41/h1-39H. The van der Waals surface area contributed by atoms with Gasteiger partial charge in [-0.25, -0.2) is 0 Å². The van der Waals surface area contributed by atoms with Gasteiger partial charge in [-0.3, -0.25) is 0 Å². The Bertz CT molecular complexity index is 3690. The minimum Gasteiger partial charge on any atom is -0.456 e. The van der Waals surface area contributed by atoms with Crippen LogP contribution in [0.15, 0.2) is 255 Å². The summed E-state index contributed by atoms with van der Waals surface area (Å²) < 4.78 is 13.1. The lowest BCUT2D eigenvalue weighted by atomic mass is 9.64. The molecule has 2 aliphatic rings. The van der Waals surface area contributed by atoms with Gasteiger partial charge >= 0.3 is 0 Å². The van der Waals surface area contributed by atoms with E-state index < -0.39 is 13.5 Å². The maximum Gasteiger partial charge on any atom is 0.180 e. The molecule has 14 rings (SSSR count). The van der Waals surface area contributed by atoms with Crippen LogP contribution >= 0.6 is 11.8 Å². The molecule has 0 N–H and O–H groups in total. The molecule has 4 heterocycles. The molecule has 0 bridgehead atoms. The number of furan rings is 2. The summed E-state index contributed by atoms with van der Waals surface area (Å²) in [5.74, 6) is 0. The van der Waals surface area contributed by atoms with Gasteiger partial charge < -0.3 is 13.7 Å². The Labute approximate surface area is 387 Å². The Balaban J connectivity index is 1.04. The average Bonchev–Trinajstić information content (AvgIpc) is 3.95. The van der Waals surface area contributed by atoms with E-state index in [1.807, 2.05) is 36.0 Å². The van der Waals surface area contributed by atoms with Crippen molar-refractivity contribution in [3.8, 4) is 0 Å². The van der Waals surface area contributed by atoms with Crippen molar-refractivity contribution in [2.24, 2.45) is 0 Å². The molecular weight excluding hydrogens is 839 g/mol. The van der Waals surface area contributed by atoms with E-state index >= 15 is 0 Å². The van der Waals surface area contributed by atoms with Gasteiger partial charge in [0, 0.05) is 60.5 Å². The fraction of sp³-hybridized carbons (Fsp3) is 0.0164. The number of fused-ring (bicyclic) bond motifs is 14. The highest BCUT2D eigenvalue weighted by molar-refractivity contribution is 7.99. The van der Waals surface area contributed by atoms with Crippen LogP contribution in [0.3, 0.4) is 0 Å². The first-order valence-electron chi connectivity index (χ1n) is 22.6. The van der Waals surface area contributed by atoms with Crippen molar-refractivity contribution in [2.45, 2.75) is 15.2 Å². The summed E-state index contributed by atoms with van der Waals surface area (Å²) in [7, 11) is -2.85. The molecule has 1 spiro atoms. The van der Waals surface area contributed by atoms with Crippen LogP contribution in [0, 0.1) is 0 Å². The third-order valence-corrected chi connectivity index (χ3v) is 20.3. The predicted molar refractivity (Wildman–Crippen MR) is 275 cm³/mol. The van der Waals surface area contributed by atoms with Crippen LogP contribution in [-0.4, -0.2) is 8.07 Å². The zero-order chi connectivity index (χ0) is 43.4. The molecule has 12 aromatic rings. The Morgan fingerprint density at radius 1 is 0.333 bits per heavy atom. The Morgan fingerprint density at radius 3 is 1.33 bits per heavy atom. The molecule has 0 saturated heterocycles. The van der Waals surface area contributed by atoms with Crippen LogP contribution in [0.4, 0.5) is 17.1 Å². The summed E-state index contributed by atoms with van der Waals surface area (Å²) >= 11 is 1.87. The number of anilines is 3. The lowest BCUT2D eigenvalue weighted by Gasteiger charge is -2.51. The van der Waals surface area contributed by atoms with Gasteiger partial charge in [0.1, 0.15) is 22.3 Å².